The lowest BCUT2D eigenvalue weighted by Crippen LogP contribution is -2.39. The van der Waals surface area contributed by atoms with E-state index in [2.05, 4.69) is 20.8 Å². The Hall–Kier alpha value is 0. The summed E-state index contributed by atoms with van der Waals surface area (Å²) in [6, 6.07) is 0. The monoisotopic (exact) mass is 196 g/mol. The average molecular weight is 196 g/mol. The Labute approximate surface area is 90.5 Å². The van der Waals surface area contributed by atoms with Crippen molar-refractivity contribution in [1.29, 1.82) is 0 Å². The van der Waals surface area contributed by atoms with Gasteiger partial charge in [-0.05, 0) is 37.0 Å². The van der Waals surface area contributed by atoms with Crippen LogP contribution in [0.3, 0.4) is 0 Å². The van der Waals surface area contributed by atoms with Gasteiger partial charge in [-0.25, -0.2) is 0 Å². The summed E-state index contributed by atoms with van der Waals surface area (Å²) in [5.74, 6) is 1.07. The van der Waals surface area contributed by atoms with E-state index in [1.54, 1.807) is 0 Å². The van der Waals surface area contributed by atoms with Gasteiger partial charge in [0.15, 0.2) is 0 Å². The van der Waals surface area contributed by atoms with Gasteiger partial charge < -0.3 is 0 Å². The summed E-state index contributed by atoms with van der Waals surface area (Å²) in [5, 5.41) is 0. The van der Waals surface area contributed by atoms with Crippen molar-refractivity contribution < 1.29 is 0 Å². The van der Waals surface area contributed by atoms with E-state index in [-0.39, 0.29) is 0 Å². The molecule has 1 unspecified atom stereocenters. The highest BCUT2D eigenvalue weighted by Gasteiger charge is 2.43. The number of hydrogen-bond acceptors (Lipinski definition) is 0. The van der Waals surface area contributed by atoms with Crippen molar-refractivity contribution in [1.82, 2.24) is 0 Å². The molecule has 0 aromatic carbocycles. The van der Waals surface area contributed by atoms with Gasteiger partial charge in [-0.3, -0.25) is 0 Å². The van der Waals surface area contributed by atoms with Crippen LogP contribution in [-0.2, 0) is 0 Å². The second kappa shape index (κ2) is 5.78. The molecule has 1 atom stereocenters. The third kappa shape index (κ3) is 2.52. The summed E-state index contributed by atoms with van der Waals surface area (Å²) in [5.41, 5.74) is 0.792. The standard InChI is InChI=1S/C14H28/c1-4-7-10-14(11-8-5-2)12-9-13(14)6-3/h13H,4-12H2,1-3H3. The van der Waals surface area contributed by atoms with Crippen LogP contribution in [0.15, 0.2) is 0 Å². The Bertz CT molecular complexity index is 138. The Morgan fingerprint density at radius 2 is 1.57 bits per heavy atom. The van der Waals surface area contributed by atoms with Gasteiger partial charge in [-0.15, -0.1) is 0 Å². The van der Waals surface area contributed by atoms with Gasteiger partial charge in [0.25, 0.3) is 0 Å². The average Bonchev–Trinajstić information content (AvgIpc) is 2.17. The van der Waals surface area contributed by atoms with Crippen LogP contribution >= 0.6 is 0 Å². The van der Waals surface area contributed by atoms with Gasteiger partial charge in [0.05, 0.1) is 0 Å². The molecule has 0 heterocycles. The van der Waals surface area contributed by atoms with E-state index >= 15 is 0 Å². The summed E-state index contributed by atoms with van der Waals surface area (Å²) in [4.78, 5) is 0. The quantitative estimate of drug-likeness (QED) is 0.527. The highest BCUT2D eigenvalue weighted by Crippen LogP contribution is 2.54. The van der Waals surface area contributed by atoms with Crippen LogP contribution in [0.25, 0.3) is 0 Å². The van der Waals surface area contributed by atoms with Crippen LogP contribution in [0.4, 0.5) is 0 Å². The number of hydrogen-bond donors (Lipinski definition) is 0. The van der Waals surface area contributed by atoms with Crippen LogP contribution in [0, 0.1) is 11.3 Å². The highest BCUT2D eigenvalue weighted by molar-refractivity contribution is 4.94. The van der Waals surface area contributed by atoms with Crippen molar-refractivity contribution in [2.24, 2.45) is 11.3 Å². The van der Waals surface area contributed by atoms with Crippen molar-refractivity contribution in [3.8, 4) is 0 Å². The van der Waals surface area contributed by atoms with Gasteiger partial charge in [-0.2, -0.15) is 0 Å². The molecule has 0 heteroatoms. The molecule has 0 bridgehead atoms. The summed E-state index contributed by atoms with van der Waals surface area (Å²) in [7, 11) is 0. The minimum Gasteiger partial charge on any atom is -0.0654 e. The Balaban J connectivity index is 2.42. The number of rotatable bonds is 7. The van der Waals surface area contributed by atoms with Crippen LogP contribution in [0.2, 0.25) is 0 Å². The minimum absolute atomic E-state index is 0.792. The Morgan fingerprint density at radius 1 is 1.00 bits per heavy atom. The molecular weight excluding hydrogens is 168 g/mol. The molecule has 0 amide bonds. The van der Waals surface area contributed by atoms with E-state index in [4.69, 9.17) is 0 Å². The summed E-state index contributed by atoms with van der Waals surface area (Å²) < 4.78 is 0. The summed E-state index contributed by atoms with van der Waals surface area (Å²) >= 11 is 0. The van der Waals surface area contributed by atoms with Gasteiger partial charge >= 0.3 is 0 Å². The maximum Gasteiger partial charge on any atom is -0.0269 e. The highest BCUT2D eigenvalue weighted by atomic mass is 14.5. The normalized spacial score (nSPS) is 24.6. The molecular formula is C14H28. The molecule has 1 aliphatic carbocycles. The van der Waals surface area contributed by atoms with E-state index in [1.807, 2.05) is 0 Å². The Kier molecular flexibility index (Phi) is 4.98. The zero-order valence-electron chi connectivity index (χ0n) is 10.4. The largest absolute Gasteiger partial charge is 0.0654 e. The molecule has 0 saturated heterocycles. The fourth-order valence-corrected chi connectivity index (χ4v) is 3.23. The third-order valence-electron chi connectivity index (χ3n) is 4.41. The second-order valence-corrected chi connectivity index (χ2v) is 5.21. The van der Waals surface area contributed by atoms with E-state index in [1.165, 1.54) is 57.8 Å². The summed E-state index contributed by atoms with van der Waals surface area (Å²) in [6.07, 6.45) is 13.2. The third-order valence-corrected chi connectivity index (χ3v) is 4.41. The topological polar surface area (TPSA) is 0 Å². The van der Waals surface area contributed by atoms with Gasteiger partial charge in [-0.1, -0.05) is 52.9 Å². The SMILES string of the molecule is CCCCC1(CCCC)CCC1CC. The molecule has 0 aliphatic heterocycles. The van der Waals surface area contributed by atoms with E-state index < -0.39 is 0 Å². The molecule has 0 radical (unpaired) electrons. The van der Waals surface area contributed by atoms with Gasteiger partial charge in [0.1, 0.15) is 0 Å². The molecule has 0 N–H and O–H groups in total. The molecule has 14 heavy (non-hydrogen) atoms. The molecule has 1 saturated carbocycles. The maximum atomic E-state index is 2.39. The maximum absolute atomic E-state index is 2.39. The zero-order chi connectivity index (χ0) is 10.4. The fraction of sp³-hybridized carbons (Fsp3) is 1.00. The van der Waals surface area contributed by atoms with Crippen LogP contribution in [-0.4, -0.2) is 0 Å². The van der Waals surface area contributed by atoms with E-state index in [9.17, 15) is 0 Å². The van der Waals surface area contributed by atoms with Crippen LogP contribution in [0.5, 0.6) is 0 Å². The first-order valence-corrected chi connectivity index (χ1v) is 6.79. The zero-order valence-corrected chi connectivity index (χ0v) is 10.4. The molecule has 1 fully saturated rings. The molecule has 0 nitrogen and oxygen atoms in total. The summed E-state index contributed by atoms with van der Waals surface area (Å²) in [6.45, 7) is 7.04. The fourth-order valence-electron chi connectivity index (χ4n) is 3.23. The Morgan fingerprint density at radius 3 is 1.86 bits per heavy atom. The van der Waals surface area contributed by atoms with Gasteiger partial charge in [0, 0.05) is 0 Å². The lowest BCUT2D eigenvalue weighted by atomic mass is 9.55. The first-order valence-electron chi connectivity index (χ1n) is 6.79. The molecule has 0 aromatic heterocycles. The predicted octanol–water partition coefficient (Wildman–Crippen LogP) is 5.17. The van der Waals surface area contributed by atoms with Gasteiger partial charge in [0.2, 0.25) is 0 Å². The first-order chi connectivity index (χ1) is 6.79. The van der Waals surface area contributed by atoms with Crippen molar-refractivity contribution in [3.05, 3.63) is 0 Å². The molecule has 84 valence electrons. The lowest BCUT2D eigenvalue weighted by Gasteiger charge is -2.50. The first kappa shape index (κ1) is 12.1. The van der Waals surface area contributed by atoms with E-state index in [0.717, 1.165) is 11.3 Å². The van der Waals surface area contributed by atoms with Crippen molar-refractivity contribution in [3.63, 3.8) is 0 Å². The van der Waals surface area contributed by atoms with Crippen molar-refractivity contribution in [2.75, 3.05) is 0 Å². The predicted molar refractivity (Wildman–Crippen MR) is 64.5 cm³/mol. The van der Waals surface area contributed by atoms with Crippen molar-refractivity contribution in [2.45, 2.75) is 78.6 Å². The molecule has 0 aromatic rings. The van der Waals surface area contributed by atoms with Crippen molar-refractivity contribution >= 4 is 0 Å². The van der Waals surface area contributed by atoms with Crippen LogP contribution in [0.1, 0.15) is 78.6 Å². The van der Waals surface area contributed by atoms with E-state index in [0.29, 0.717) is 0 Å². The molecule has 0 spiro atoms. The number of unbranched alkanes of at least 4 members (excludes halogenated alkanes) is 2. The van der Waals surface area contributed by atoms with Crippen LogP contribution < -0.4 is 0 Å². The molecule has 1 aliphatic rings. The second-order valence-electron chi connectivity index (χ2n) is 5.21. The smallest absolute Gasteiger partial charge is 0.0269 e. The minimum atomic E-state index is 0.792. The lowest BCUT2D eigenvalue weighted by molar-refractivity contribution is 0.00374. The molecule has 1 rings (SSSR count).